The maximum Gasteiger partial charge on any atom is 0.160 e. The van der Waals surface area contributed by atoms with E-state index in [1.165, 1.54) is 0 Å². The maximum absolute atomic E-state index is 9.35. The van der Waals surface area contributed by atoms with Gasteiger partial charge in [-0.1, -0.05) is 27.7 Å². The third-order valence-corrected chi connectivity index (χ3v) is 4.89. The Morgan fingerprint density at radius 3 is 2.48 bits per heavy atom. The van der Waals surface area contributed by atoms with Gasteiger partial charge in [0, 0.05) is 12.5 Å². The Bertz CT molecular complexity index is 389. The Labute approximate surface area is 130 Å². The monoisotopic (exact) mass is 293 g/mol. The molecule has 0 fully saturated rings. The SMILES string of the molecule is CCC(C)N(CC)C1CC(C#N)N=NC(C)(CC)N1CC. The van der Waals surface area contributed by atoms with Crippen molar-refractivity contribution in [1.82, 2.24) is 9.80 Å². The lowest BCUT2D eigenvalue weighted by molar-refractivity contribution is -0.0407. The molecular formula is C16H31N5. The molecular weight excluding hydrogens is 262 g/mol. The minimum atomic E-state index is -0.337. The molecule has 120 valence electrons. The van der Waals surface area contributed by atoms with Gasteiger partial charge in [-0.15, -0.1) is 0 Å². The van der Waals surface area contributed by atoms with Crippen LogP contribution in [-0.2, 0) is 0 Å². The van der Waals surface area contributed by atoms with Crippen molar-refractivity contribution in [1.29, 1.82) is 5.26 Å². The molecule has 0 aromatic rings. The first-order valence-electron chi connectivity index (χ1n) is 8.31. The predicted octanol–water partition coefficient (Wildman–Crippen LogP) is 3.63. The summed E-state index contributed by atoms with van der Waals surface area (Å²) in [7, 11) is 0. The average molecular weight is 293 g/mol. The largest absolute Gasteiger partial charge is 0.285 e. The topological polar surface area (TPSA) is 55.0 Å². The molecule has 5 heteroatoms. The van der Waals surface area contributed by atoms with Gasteiger partial charge < -0.3 is 0 Å². The highest BCUT2D eigenvalue weighted by atomic mass is 15.5. The number of hydrogen-bond donors (Lipinski definition) is 0. The third kappa shape index (κ3) is 3.81. The van der Waals surface area contributed by atoms with Crippen LogP contribution in [0.25, 0.3) is 0 Å². The first kappa shape index (κ1) is 18.1. The molecule has 0 radical (unpaired) electrons. The minimum absolute atomic E-state index is 0.222. The fraction of sp³-hybridized carbons (Fsp3) is 0.938. The average Bonchev–Trinajstić information content (AvgIpc) is 2.65. The number of nitriles is 1. The van der Waals surface area contributed by atoms with E-state index in [2.05, 4.69) is 67.6 Å². The second-order valence-corrected chi connectivity index (χ2v) is 6.02. The van der Waals surface area contributed by atoms with Crippen LogP contribution in [0.4, 0.5) is 0 Å². The van der Waals surface area contributed by atoms with Crippen molar-refractivity contribution < 1.29 is 0 Å². The second kappa shape index (κ2) is 7.86. The molecule has 1 heterocycles. The second-order valence-electron chi connectivity index (χ2n) is 6.02. The molecule has 0 N–H and O–H groups in total. The highest BCUT2D eigenvalue weighted by molar-refractivity contribution is 4.99. The molecule has 0 saturated carbocycles. The summed E-state index contributed by atoms with van der Waals surface area (Å²) in [6.07, 6.45) is 2.97. The summed E-state index contributed by atoms with van der Waals surface area (Å²) in [4.78, 5) is 4.92. The molecule has 5 nitrogen and oxygen atoms in total. The zero-order chi connectivity index (χ0) is 16.0. The molecule has 0 aromatic carbocycles. The number of nitrogens with zero attached hydrogens (tertiary/aromatic N) is 5. The first-order valence-corrected chi connectivity index (χ1v) is 8.31. The molecule has 0 aliphatic carbocycles. The van der Waals surface area contributed by atoms with Crippen molar-refractivity contribution >= 4 is 0 Å². The lowest BCUT2D eigenvalue weighted by atomic mass is 10.0. The summed E-state index contributed by atoms with van der Waals surface area (Å²) >= 11 is 0. The highest BCUT2D eigenvalue weighted by Gasteiger charge is 2.41. The molecule has 1 aliphatic rings. The van der Waals surface area contributed by atoms with Crippen LogP contribution >= 0.6 is 0 Å². The number of rotatable bonds is 6. The van der Waals surface area contributed by atoms with Crippen LogP contribution in [0.1, 0.15) is 60.8 Å². The van der Waals surface area contributed by atoms with Crippen molar-refractivity contribution in [3.8, 4) is 6.07 Å². The zero-order valence-electron chi connectivity index (χ0n) is 14.5. The molecule has 0 aromatic heterocycles. The van der Waals surface area contributed by atoms with Crippen LogP contribution in [0.5, 0.6) is 0 Å². The van der Waals surface area contributed by atoms with Gasteiger partial charge in [0.15, 0.2) is 6.04 Å². The molecule has 21 heavy (non-hydrogen) atoms. The van der Waals surface area contributed by atoms with Crippen LogP contribution in [-0.4, -0.2) is 46.8 Å². The summed E-state index contributed by atoms with van der Waals surface area (Å²) in [5, 5.41) is 18.2. The van der Waals surface area contributed by atoms with E-state index >= 15 is 0 Å². The summed E-state index contributed by atoms with van der Waals surface area (Å²) in [5.41, 5.74) is -0.314. The molecule has 0 saturated heterocycles. The molecule has 4 unspecified atom stereocenters. The lowest BCUT2D eigenvalue weighted by Gasteiger charge is -2.46. The normalized spacial score (nSPS) is 31.9. The van der Waals surface area contributed by atoms with Crippen LogP contribution in [0.15, 0.2) is 10.2 Å². The van der Waals surface area contributed by atoms with Gasteiger partial charge in [0.05, 0.1) is 12.2 Å². The molecule has 4 atom stereocenters. The first-order chi connectivity index (χ1) is 9.97. The van der Waals surface area contributed by atoms with Gasteiger partial charge in [-0.05, 0) is 39.8 Å². The Morgan fingerprint density at radius 1 is 1.38 bits per heavy atom. The van der Waals surface area contributed by atoms with Gasteiger partial charge in [0.2, 0.25) is 0 Å². The number of hydrogen-bond acceptors (Lipinski definition) is 5. The van der Waals surface area contributed by atoms with E-state index in [-0.39, 0.29) is 17.9 Å². The van der Waals surface area contributed by atoms with Gasteiger partial charge in [-0.25, -0.2) is 0 Å². The quantitative estimate of drug-likeness (QED) is 0.751. The zero-order valence-corrected chi connectivity index (χ0v) is 14.5. The fourth-order valence-electron chi connectivity index (χ4n) is 3.22. The summed E-state index contributed by atoms with van der Waals surface area (Å²) < 4.78 is 0. The number of azo groups is 1. The smallest absolute Gasteiger partial charge is 0.160 e. The van der Waals surface area contributed by atoms with E-state index in [0.717, 1.165) is 32.4 Å². The van der Waals surface area contributed by atoms with Crippen molar-refractivity contribution in [3.63, 3.8) is 0 Å². The summed E-state index contributed by atoms with van der Waals surface area (Å²) in [6, 6.07) is 2.46. The van der Waals surface area contributed by atoms with E-state index in [1.54, 1.807) is 0 Å². The Hall–Kier alpha value is -0.990. The van der Waals surface area contributed by atoms with Crippen LogP contribution in [0, 0.1) is 11.3 Å². The predicted molar refractivity (Wildman–Crippen MR) is 85.9 cm³/mol. The van der Waals surface area contributed by atoms with Gasteiger partial charge in [-0.2, -0.15) is 15.5 Å². The summed E-state index contributed by atoms with van der Waals surface area (Å²) in [5.74, 6) is 0. The molecule has 1 rings (SSSR count). The third-order valence-electron chi connectivity index (χ3n) is 4.89. The fourth-order valence-corrected chi connectivity index (χ4v) is 3.22. The van der Waals surface area contributed by atoms with E-state index < -0.39 is 0 Å². The molecule has 0 spiro atoms. The van der Waals surface area contributed by atoms with Gasteiger partial charge in [0.1, 0.15) is 5.66 Å². The minimum Gasteiger partial charge on any atom is -0.285 e. The van der Waals surface area contributed by atoms with Gasteiger partial charge in [0.25, 0.3) is 0 Å². The van der Waals surface area contributed by atoms with Crippen LogP contribution < -0.4 is 0 Å². The van der Waals surface area contributed by atoms with Gasteiger partial charge >= 0.3 is 0 Å². The maximum atomic E-state index is 9.35. The van der Waals surface area contributed by atoms with E-state index in [4.69, 9.17) is 0 Å². The molecule has 0 amide bonds. The molecule has 1 aliphatic heterocycles. The Kier molecular flexibility index (Phi) is 6.76. The molecule has 0 bridgehead atoms. The van der Waals surface area contributed by atoms with Crippen LogP contribution in [0.3, 0.4) is 0 Å². The van der Waals surface area contributed by atoms with Crippen molar-refractivity contribution in [2.24, 2.45) is 10.2 Å². The van der Waals surface area contributed by atoms with Crippen molar-refractivity contribution in [2.45, 2.75) is 84.7 Å². The van der Waals surface area contributed by atoms with E-state index in [0.29, 0.717) is 6.04 Å². The van der Waals surface area contributed by atoms with E-state index in [1.807, 2.05) is 0 Å². The van der Waals surface area contributed by atoms with Gasteiger partial charge in [-0.3, -0.25) is 9.80 Å². The standard InChI is InChI=1S/C16H31N5/c1-7-13(5)20(9-3)15-11-14(12-17)18-19-16(6,8-2)21(15)10-4/h13-15H,7-11H2,1-6H3. The van der Waals surface area contributed by atoms with E-state index in [9.17, 15) is 5.26 Å². The van der Waals surface area contributed by atoms with Crippen molar-refractivity contribution in [3.05, 3.63) is 0 Å². The highest BCUT2D eigenvalue weighted by Crippen LogP contribution is 2.32. The Balaban J connectivity index is 3.21. The Morgan fingerprint density at radius 2 is 2.05 bits per heavy atom. The van der Waals surface area contributed by atoms with Crippen LogP contribution in [0.2, 0.25) is 0 Å². The summed E-state index contributed by atoms with van der Waals surface area (Å²) in [6.45, 7) is 15.0. The van der Waals surface area contributed by atoms with Crippen molar-refractivity contribution in [2.75, 3.05) is 13.1 Å². The lowest BCUT2D eigenvalue weighted by Crippen LogP contribution is -2.58.